The molecule has 7 nitrogen and oxygen atoms in total. The highest BCUT2D eigenvalue weighted by Crippen LogP contribution is 2.39. The van der Waals surface area contributed by atoms with Crippen molar-refractivity contribution in [2.75, 3.05) is 13.7 Å². The molecule has 0 saturated carbocycles. The lowest BCUT2D eigenvalue weighted by Crippen LogP contribution is -2.60. The molecule has 1 aliphatic heterocycles. The minimum atomic E-state index is -0.597. The first-order chi connectivity index (χ1) is 24.7. The summed E-state index contributed by atoms with van der Waals surface area (Å²) in [5.41, 5.74) is 3.99. The van der Waals surface area contributed by atoms with E-state index in [1.165, 1.54) is 18.9 Å². The molecule has 258 valence electrons. The van der Waals surface area contributed by atoms with Crippen LogP contribution in [-0.2, 0) is 54.8 Å². The van der Waals surface area contributed by atoms with Crippen molar-refractivity contribution in [2.24, 2.45) is 0 Å². The molecule has 0 aliphatic carbocycles. The number of hydrogen-bond donors (Lipinski definition) is 0. The van der Waals surface area contributed by atoms with Gasteiger partial charge in [-0.15, -0.1) is 0 Å². The lowest BCUT2D eigenvalue weighted by atomic mass is 9.98. The van der Waals surface area contributed by atoms with Crippen LogP contribution >= 0.6 is 11.8 Å². The number of hydrogen-bond acceptors (Lipinski definition) is 8. The summed E-state index contributed by atoms with van der Waals surface area (Å²) < 4.78 is 38.7. The molecule has 0 spiro atoms. The van der Waals surface area contributed by atoms with Crippen LogP contribution in [0.2, 0.25) is 0 Å². The Morgan fingerprint density at radius 1 is 0.560 bits per heavy atom. The maximum absolute atomic E-state index is 12.8. The molecule has 0 radical (unpaired) electrons. The number of thioether (sulfide) groups is 1. The maximum atomic E-state index is 12.8. The average molecular weight is 691 g/mol. The quantitative estimate of drug-likeness (QED) is 0.0959. The SMILES string of the molecule is COC(=O)c1ccccc1S[C@@H]1O[C@H](COCc2ccccc2)[C@@H](OCc2ccccc2)[C@H](OCc2ccccc2)[C@H]1OCc1ccccc1. The molecule has 5 aromatic carbocycles. The lowest BCUT2D eigenvalue weighted by Gasteiger charge is -2.46. The molecule has 1 fully saturated rings. The van der Waals surface area contributed by atoms with Gasteiger partial charge >= 0.3 is 5.97 Å². The lowest BCUT2D eigenvalue weighted by molar-refractivity contribution is -0.254. The van der Waals surface area contributed by atoms with E-state index in [4.69, 9.17) is 28.4 Å². The van der Waals surface area contributed by atoms with E-state index in [1.807, 2.05) is 140 Å². The fourth-order valence-electron chi connectivity index (χ4n) is 5.82. The molecule has 1 saturated heterocycles. The molecular weight excluding hydrogens is 649 g/mol. The van der Waals surface area contributed by atoms with Gasteiger partial charge in [0.1, 0.15) is 29.9 Å². The molecule has 0 unspecified atom stereocenters. The van der Waals surface area contributed by atoms with Gasteiger partial charge < -0.3 is 28.4 Å². The van der Waals surface area contributed by atoms with E-state index in [0.29, 0.717) is 36.9 Å². The van der Waals surface area contributed by atoms with Crippen molar-refractivity contribution in [3.63, 3.8) is 0 Å². The molecule has 6 rings (SSSR count). The number of carbonyl (C=O) groups is 1. The fourth-order valence-corrected chi connectivity index (χ4v) is 7.07. The summed E-state index contributed by atoms with van der Waals surface area (Å²) in [6, 6.07) is 47.6. The highest BCUT2D eigenvalue weighted by atomic mass is 32.2. The van der Waals surface area contributed by atoms with Crippen LogP contribution in [-0.4, -0.2) is 49.5 Å². The summed E-state index contributed by atoms with van der Waals surface area (Å²) in [5.74, 6) is -0.422. The van der Waals surface area contributed by atoms with Crippen molar-refractivity contribution in [3.05, 3.63) is 173 Å². The number of carbonyl (C=O) groups excluding carboxylic acids is 1. The molecule has 50 heavy (non-hydrogen) atoms. The first-order valence-corrected chi connectivity index (χ1v) is 17.6. The summed E-state index contributed by atoms with van der Waals surface area (Å²) in [7, 11) is 1.38. The summed E-state index contributed by atoms with van der Waals surface area (Å²) in [4.78, 5) is 13.5. The minimum Gasteiger partial charge on any atom is -0.465 e. The van der Waals surface area contributed by atoms with Crippen molar-refractivity contribution >= 4 is 17.7 Å². The standard InChI is InChI=1S/C42H42O7S/c1-44-41(43)35-24-14-15-25-37(35)50-42-40(48-29-34-22-12-5-13-23-34)39(47-28-33-20-10-4-11-21-33)38(46-27-32-18-8-3-9-19-32)36(49-42)30-45-26-31-16-6-2-7-17-31/h2-25,36,38-40,42H,26-30H2,1H3/t36-,38-,39+,40-,42+/m1/s1. The Bertz CT molecular complexity index is 1720. The van der Waals surface area contributed by atoms with Gasteiger partial charge in [-0.05, 0) is 34.4 Å². The zero-order valence-electron chi connectivity index (χ0n) is 28.0. The van der Waals surface area contributed by atoms with Gasteiger partial charge in [0.25, 0.3) is 0 Å². The molecule has 1 aliphatic rings. The Kier molecular flexibility index (Phi) is 13.2. The number of benzene rings is 5. The van der Waals surface area contributed by atoms with Crippen molar-refractivity contribution in [2.45, 2.75) is 61.2 Å². The Hall–Kier alpha value is -4.28. The molecular formula is C42H42O7S. The highest BCUT2D eigenvalue weighted by Gasteiger charge is 2.49. The Morgan fingerprint density at radius 2 is 1.00 bits per heavy atom. The van der Waals surface area contributed by atoms with Crippen molar-refractivity contribution in [3.8, 4) is 0 Å². The molecule has 0 N–H and O–H groups in total. The largest absolute Gasteiger partial charge is 0.465 e. The van der Waals surface area contributed by atoms with Crippen molar-refractivity contribution in [1.82, 2.24) is 0 Å². The van der Waals surface area contributed by atoms with Crippen molar-refractivity contribution < 1.29 is 33.2 Å². The van der Waals surface area contributed by atoms with Gasteiger partial charge in [0.15, 0.2) is 0 Å². The zero-order valence-corrected chi connectivity index (χ0v) is 28.9. The molecule has 8 heteroatoms. The number of methoxy groups -OCH3 is 1. The van der Waals surface area contributed by atoms with Gasteiger partial charge in [-0.1, -0.05) is 145 Å². The summed E-state index contributed by atoms with van der Waals surface area (Å²) in [6.45, 7) is 1.69. The van der Waals surface area contributed by atoms with E-state index in [1.54, 1.807) is 6.07 Å². The van der Waals surface area contributed by atoms with Crippen LogP contribution in [0.1, 0.15) is 32.6 Å². The van der Waals surface area contributed by atoms with Crippen LogP contribution in [0.3, 0.4) is 0 Å². The minimum absolute atomic E-state index is 0.251. The summed E-state index contributed by atoms with van der Waals surface area (Å²) in [5, 5.41) is 0. The number of ether oxygens (including phenoxy) is 6. The fraction of sp³-hybridized carbons (Fsp3) is 0.262. The highest BCUT2D eigenvalue weighted by molar-refractivity contribution is 8.00. The Morgan fingerprint density at radius 3 is 1.52 bits per heavy atom. The first kappa shape index (κ1) is 35.5. The number of esters is 1. The Balaban J connectivity index is 1.35. The topological polar surface area (TPSA) is 72.5 Å². The predicted molar refractivity (Wildman–Crippen MR) is 193 cm³/mol. The summed E-state index contributed by atoms with van der Waals surface area (Å²) >= 11 is 1.41. The molecule has 0 aromatic heterocycles. The van der Waals surface area contributed by atoms with Crippen LogP contribution in [0, 0.1) is 0 Å². The molecule has 1 heterocycles. The van der Waals surface area contributed by atoms with E-state index < -0.39 is 35.8 Å². The van der Waals surface area contributed by atoms with Gasteiger partial charge in [-0.2, -0.15) is 0 Å². The van der Waals surface area contributed by atoms with Crippen LogP contribution in [0.15, 0.2) is 150 Å². The molecule has 0 bridgehead atoms. The second kappa shape index (κ2) is 18.6. The van der Waals surface area contributed by atoms with Crippen LogP contribution in [0.5, 0.6) is 0 Å². The maximum Gasteiger partial charge on any atom is 0.338 e. The monoisotopic (exact) mass is 690 g/mol. The molecule has 0 amide bonds. The second-order valence-electron chi connectivity index (χ2n) is 11.9. The Labute approximate surface area is 298 Å². The normalized spacial score (nSPS) is 20.3. The van der Waals surface area contributed by atoms with E-state index in [9.17, 15) is 4.79 Å². The van der Waals surface area contributed by atoms with Gasteiger partial charge in [-0.25, -0.2) is 4.79 Å². The second-order valence-corrected chi connectivity index (χ2v) is 13.1. The average Bonchev–Trinajstić information content (AvgIpc) is 3.17. The summed E-state index contributed by atoms with van der Waals surface area (Å²) in [6.07, 6.45) is -2.24. The zero-order chi connectivity index (χ0) is 34.4. The third-order valence-electron chi connectivity index (χ3n) is 8.38. The van der Waals surface area contributed by atoms with E-state index in [-0.39, 0.29) is 6.61 Å². The van der Waals surface area contributed by atoms with Gasteiger partial charge in [-0.3, -0.25) is 0 Å². The van der Waals surface area contributed by atoms with E-state index >= 15 is 0 Å². The van der Waals surface area contributed by atoms with Crippen LogP contribution in [0.25, 0.3) is 0 Å². The van der Waals surface area contributed by atoms with Gasteiger partial charge in [0.05, 0.1) is 45.7 Å². The van der Waals surface area contributed by atoms with Crippen molar-refractivity contribution in [1.29, 1.82) is 0 Å². The molecule has 5 atom stereocenters. The van der Waals surface area contributed by atoms with Gasteiger partial charge in [0, 0.05) is 4.90 Å². The first-order valence-electron chi connectivity index (χ1n) is 16.8. The smallest absolute Gasteiger partial charge is 0.338 e. The van der Waals surface area contributed by atoms with E-state index in [0.717, 1.165) is 22.3 Å². The van der Waals surface area contributed by atoms with E-state index in [2.05, 4.69) is 0 Å². The predicted octanol–water partition coefficient (Wildman–Crippen LogP) is 8.26. The third-order valence-corrected chi connectivity index (χ3v) is 9.60. The van der Waals surface area contributed by atoms with Crippen LogP contribution in [0.4, 0.5) is 0 Å². The van der Waals surface area contributed by atoms with Gasteiger partial charge in [0.2, 0.25) is 0 Å². The third kappa shape index (κ3) is 9.91. The molecule has 5 aromatic rings. The van der Waals surface area contributed by atoms with Crippen LogP contribution < -0.4 is 0 Å². The number of rotatable bonds is 16.